The maximum Gasteiger partial charge on any atom is 0.407 e. The van der Waals surface area contributed by atoms with Gasteiger partial charge in [0, 0.05) is 12.6 Å². The van der Waals surface area contributed by atoms with E-state index < -0.39 is 5.60 Å². The van der Waals surface area contributed by atoms with E-state index in [2.05, 4.69) is 17.2 Å². The molecule has 0 radical (unpaired) electrons. The fraction of sp³-hybridized carbons (Fsp3) is 0.714. The lowest BCUT2D eigenvalue weighted by atomic mass is 10.1. The molecule has 0 aromatic carbocycles. The Labute approximate surface area is 114 Å². The Bertz CT molecular complexity index is 347. The number of nitrogens with one attached hydrogen (secondary N) is 2. The minimum absolute atomic E-state index is 0.139. The maximum atomic E-state index is 11.6. The highest BCUT2D eigenvalue weighted by molar-refractivity contribution is 5.86. The molecule has 1 aliphatic carbocycles. The van der Waals surface area contributed by atoms with Crippen molar-refractivity contribution in [3.63, 3.8) is 0 Å². The molecule has 1 fully saturated rings. The highest BCUT2D eigenvalue weighted by atomic mass is 16.6. The Morgan fingerprint density at radius 1 is 1.37 bits per heavy atom. The van der Waals surface area contributed by atoms with Crippen LogP contribution in [0.5, 0.6) is 0 Å². The van der Waals surface area contributed by atoms with Crippen molar-refractivity contribution in [1.29, 1.82) is 0 Å². The van der Waals surface area contributed by atoms with Crippen molar-refractivity contribution in [2.45, 2.75) is 51.7 Å². The molecule has 1 rings (SSSR count). The van der Waals surface area contributed by atoms with Crippen LogP contribution in [-0.2, 0) is 9.53 Å². The summed E-state index contributed by atoms with van der Waals surface area (Å²) in [6.07, 6.45) is 3.70. The molecule has 5 heteroatoms. The standard InChI is InChI=1S/C14H24N2O3/c1-5-12(17)15-9-10-6-7-11(8-10)16-13(18)19-14(2,3)4/h5,10-11H,1,6-9H2,2-4H3,(H,15,17)(H,16,18)/t10-,11+/m0/s1. The van der Waals surface area contributed by atoms with Crippen LogP contribution >= 0.6 is 0 Å². The zero-order valence-electron chi connectivity index (χ0n) is 12.0. The molecule has 2 N–H and O–H groups in total. The van der Waals surface area contributed by atoms with Crippen LogP contribution in [0, 0.1) is 5.92 Å². The number of amides is 2. The fourth-order valence-electron chi connectivity index (χ4n) is 2.18. The highest BCUT2D eigenvalue weighted by Gasteiger charge is 2.27. The van der Waals surface area contributed by atoms with Crippen LogP contribution in [0.3, 0.4) is 0 Å². The lowest BCUT2D eigenvalue weighted by molar-refractivity contribution is -0.116. The van der Waals surface area contributed by atoms with Crippen LogP contribution in [0.15, 0.2) is 12.7 Å². The molecule has 0 bridgehead atoms. The van der Waals surface area contributed by atoms with Crippen molar-refractivity contribution in [3.05, 3.63) is 12.7 Å². The molecule has 0 aliphatic heterocycles. The third-order valence-corrected chi connectivity index (χ3v) is 3.01. The van der Waals surface area contributed by atoms with Crippen LogP contribution < -0.4 is 10.6 Å². The molecule has 2 atom stereocenters. The van der Waals surface area contributed by atoms with Gasteiger partial charge in [0.05, 0.1) is 0 Å². The van der Waals surface area contributed by atoms with Crippen molar-refractivity contribution < 1.29 is 14.3 Å². The van der Waals surface area contributed by atoms with E-state index >= 15 is 0 Å². The Morgan fingerprint density at radius 3 is 2.63 bits per heavy atom. The number of hydrogen-bond acceptors (Lipinski definition) is 3. The molecule has 19 heavy (non-hydrogen) atoms. The fourth-order valence-corrected chi connectivity index (χ4v) is 2.18. The van der Waals surface area contributed by atoms with E-state index in [1.54, 1.807) is 0 Å². The molecule has 0 aromatic heterocycles. The molecule has 1 saturated carbocycles. The molecule has 5 nitrogen and oxygen atoms in total. The Hall–Kier alpha value is -1.52. The summed E-state index contributed by atoms with van der Waals surface area (Å²) in [6, 6.07) is 0.139. The second kappa shape index (κ2) is 6.59. The van der Waals surface area contributed by atoms with Gasteiger partial charge in [-0.25, -0.2) is 4.79 Å². The number of ether oxygens (including phenoxy) is 1. The summed E-state index contributed by atoms with van der Waals surface area (Å²) in [7, 11) is 0. The average Bonchev–Trinajstić information content (AvgIpc) is 2.70. The van der Waals surface area contributed by atoms with Gasteiger partial charge >= 0.3 is 6.09 Å². The van der Waals surface area contributed by atoms with Gasteiger partial charge in [0.2, 0.25) is 5.91 Å². The van der Waals surface area contributed by atoms with Gasteiger partial charge < -0.3 is 15.4 Å². The van der Waals surface area contributed by atoms with Crippen molar-refractivity contribution >= 4 is 12.0 Å². The first-order valence-corrected chi connectivity index (χ1v) is 6.70. The number of hydrogen-bond donors (Lipinski definition) is 2. The minimum atomic E-state index is -0.472. The topological polar surface area (TPSA) is 67.4 Å². The lowest BCUT2D eigenvalue weighted by Crippen LogP contribution is -2.38. The monoisotopic (exact) mass is 268 g/mol. The summed E-state index contributed by atoms with van der Waals surface area (Å²) < 4.78 is 5.22. The second-order valence-corrected chi connectivity index (χ2v) is 5.97. The first-order chi connectivity index (χ1) is 8.80. The molecular formula is C14H24N2O3. The predicted molar refractivity (Wildman–Crippen MR) is 73.7 cm³/mol. The first kappa shape index (κ1) is 15.5. The second-order valence-electron chi connectivity index (χ2n) is 5.97. The van der Waals surface area contributed by atoms with Crippen molar-refractivity contribution in [2.75, 3.05) is 6.54 Å². The quantitative estimate of drug-likeness (QED) is 0.766. The number of carbonyl (C=O) groups is 2. The number of carbonyl (C=O) groups excluding carboxylic acids is 2. The normalized spacial score (nSPS) is 22.7. The van der Waals surface area contributed by atoms with Gasteiger partial charge in [0.1, 0.15) is 5.60 Å². The molecule has 0 spiro atoms. The molecule has 108 valence electrons. The smallest absolute Gasteiger partial charge is 0.407 e. The summed E-state index contributed by atoms with van der Waals surface area (Å²) in [5.41, 5.74) is -0.472. The van der Waals surface area contributed by atoms with Crippen LogP contribution in [0.25, 0.3) is 0 Å². The molecule has 0 aromatic rings. The Kier molecular flexibility index (Phi) is 5.39. The van der Waals surface area contributed by atoms with Gasteiger partial charge in [-0.05, 0) is 52.0 Å². The van der Waals surface area contributed by atoms with E-state index in [4.69, 9.17) is 4.74 Å². The minimum Gasteiger partial charge on any atom is -0.444 e. The third-order valence-electron chi connectivity index (χ3n) is 3.01. The zero-order valence-corrected chi connectivity index (χ0v) is 12.0. The summed E-state index contributed by atoms with van der Waals surface area (Å²) >= 11 is 0. The van der Waals surface area contributed by atoms with Crippen molar-refractivity contribution in [1.82, 2.24) is 10.6 Å². The van der Waals surface area contributed by atoms with Gasteiger partial charge in [-0.15, -0.1) is 0 Å². The number of rotatable bonds is 4. The van der Waals surface area contributed by atoms with E-state index in [-0.39, 0.29) is 18.0 Å². The predicted octanol–water partition coefficient (Wildman–Crippen LogP) is 1.98. The molecule has 1 aliphatic rings. The van der Waals surface area contributed by atoms with Crippen LogP contribution in [0.2, 0.25) is 0 Å². The van der Waals surface area contributed by atoms with E-state index in [0.29, 0.717) is 12.5 Å². The Balaban J connectivity index is 2.26. The zero-order chi connectivity index (χ0) is 14.5. The summed E-state index contributed by atoms with van der Waals surface area (Å²) in [5.74, 6) is 0.257. The highest BCUT2D eigenvalue weighted by Crippen LogP contribution is 2.25. The van der Waals surface area contributed by atoms with Crippen LogP contribution in [0.1, 0.15) is 40.0 Å². The lowest BCUT2D eigenvalue weighted by Gasteiger charge is -2.21. The van der Waals surface area contributed by atoms with Gasteiger partial charge in [-0.1, -0.05) is 6.58 Å². The van der Waals surface area contributed by atoms with Gasteiger partial charge in [-0.2, -0.15) is 0 Å². The van der Waals surface area contributed by atoms with Crippen LogP contribution in [0.4, 0.5) is 4.79 Å². The van der Waals surface area contributed by atoms with Gasteiger partial charge in [0.25, 0.3) is 0 Å². The number of alkyl carbamates (subject to hydrolysis) is 1. The third kappa shape index (κ3) is 6.27. The molecule has 0 saturated heterocycles. The molecule has 2 amide bonds. The summed E-state index contributed by atoms with van der Waals surface area (Å²) in [4.78, 5) is 22.7. The van der Waals surface area contributed by atoms with Gasteiger partial charge in [-0.3, -0.25) is 4.79 Å². The summed E-state index contributed by atoms with van der Waals surface area (Å²) in [5, 5.41) is 5.66. The van der Waals surface area contributed by atoms with Crippen molar-refractivity contribution in [3.8, 4) is 0 Å². The Morgan fingerprint density at radius 2 is 2.05 bits per heavy atom. The average molecular weight is 268 g/mol. The van der Waals surface area contributed by atoms with Gasteiger partial charge in [0.15, 0.2) is 0 Å². The SMILES string of the molecule is C=CC(=O)NC[C@H]1CC[C@@H](NC(=O)OC(C)(C)C)C1. The first-order valence-electron chi connectivity index (χ1n) is 6.70. The van der Waals surface area contributed by atoms with E-state index in [9.17, 15) is 9.59 Å². The van der Waals surface area contributed by atoms with Crippen LogP contribution in [-0.4, -0.2) is 30.2 Å². The maximum absolute atomic E-state index is 11.6. The largest absolute Gasteiger partial charge is 0.444 e. The molecular weight excluding hydrogens is 244 g/mol. The molecule has 0 heterocycles. The van der Waals surface area contributed by atoms with E-state index in [0.717, 1.165) is 19.3 Å². The summed E-state index contributed by atoms with van der Waals surface area (Å²) in [6.45, 7) is 9.57. The molecule has 0 unspecified atom stereocenters. The van der Waals surface area contributed by atoms with E-state index in [1.165, 1.54) is 6.08 Å². The van der Waals surface area contributed by atoms with E-state index in [1.807, 2.05) is 20.8 Å². The van der Waals surface area contributed by atoms with Crippen molar-refractivity contribution in [2.24, 2.45) is 5.92 Å².